The molecule has 1 aromatic carbocycles. The van der Waals surface area contributed by atoms with Gasteiger partial charge < -0.3 is 10.2 Å². The molecule has 1 aromatic rings. The number of carbonyl (C=O) groups excluding carboxylic acids is 1. The number of carbonyl (C=O) groups is 1. The SMILES string of the molecule is CO.Cc1cc2c(c(C)c1CCO)C(=O)C(C)C2. The van der Waals surface area contributed by atoms with E-state index in [1.54, 1.807) is 0 Å². The summed E-state index contributed by atoms with van der Waals surface area (Å²) in [5, 5.41) is 16.1. The maximum atomic E-state index is 12.0. The highest BCUT2D eigenvalue weighted by Gasteiger charge is 2.29. The van der Waals surface area contributed by atoms with Crippen molar-refractivity contribution in [1.82, 2.24) is 0 Å². The first-order valence-corrected chi connectivity index (χ1v) is 6.28. The number of aliphatic hydroxyl groups excluding tert-OH is 2. The standard InChI is InChI=1S/C14H18O2.CH4O/c1-8-6-11-7-9(2)14(16)13(11)10(3)12(8)4-5-15;1-2/h6,9,15H,4-5,7H2,1-3H3;2H,1H3. The predicted molar refractivity (Wildman–Crippen MR) is 72.0 cm³/mol. The van der Waals surface area contributed by atoms with Gasteiger partial charge in [-0.25, -0.2) is 0 Å². The van der Waals surface area contributed by atoms with Crippen molar-refractivity contribution >= 4 is 5.78 Å². The number of aliphatic hydroxyl groups is 2. The number of hydrogen-bond donors (Lipinski definition) is 2. The third kappa shape index (κ3) is 2.47. The topological polar surface area (TPSA) is 57.5 Å². The van der Waals surface area contributed by atoms with Crippen molar-refractivity contribution < 1.29 is 15.0 Å². The molecule has 2 rings (SSSR count). The van der Waals surface area contributed by atoms with Gasteiger partial charge in [-0.15, -0.1) is 0 Å². The van der Waals surface area contributed by atoms with Crippen molar-refractivity contribution in [3.05, 3.63) is 33.9 Å². The summed E-state index contributed by atoms with van der Waals surface area (Å²) in [5.74, 6) is 0.393. The lowest BCUT2D eigenvalue weighted by atomic mass is 9.92. The van der Waals surface area contributed by atoms with Gasteiger partial charge in [-0.3, -0.25) is 4.79 Å². The molecule has 2 N–H and O–H groups in total. The van der Waals surface area contributed by atoms with Gasteiger partial charge >= 0.3 is 0 Å². The number of rotatable bonds is 2. The van der Waals surface area contributed by atoms with Crippen molar-refractivity contribution in [3.63, 3.8) is 0 Å². The van der Waals surface area contributed by atoms with E-state index in [4.69, 9.17) is 10.2 Å². The van der Waals surface area contributed by atoms with Crippen LogP contribution in [0, 0.1) is 19.8 Å². The Morgan fingerprint density at radius 2 is 1.94 bits per heavy atom. The zero-order valence-corrected chi connectivity index (χ0v) is 11.6. The van der Waals surface area contributed by atoms with E-state index in [-0.39, 0.29) is 18.3 Å². The molecule has 0 saturated heterocycles. The molecule has 0 heterocycles. The van der Waals surface area contributed by atoms with E-state index in [2.05, 4.69) is 13.0 Å². The average molecular weight is 250 g/mol. The maximum absolute atomic E-state index is 12.0. The number of hydrogen-bond acceptors (Lipinski definition) is 3. The maximum Gasteiger partial charge on any atom is 0.166 e. The van der Waals surface area contributed by atoms with Crippen LogP contribution in [0.5, 0.6) is 0 Å². The summed E-state index contributed by atoms with van der Waals surface area (Å²) in [6.45, 7) is 6.20. The van der Waals surface area contributed by atoms with Gasteiger partial charge in [0.05, 0.1) is 0 Å². The lowest BCUT2D eigenvalue weighted by molar-refractivity contribution is 0.0945. The Morgan fingerprint density at radius 1 is 1.33 bits per heavy atom. The van der Waals surface area contributed by atoms with E-state index in [9.17, 15) is 4.79 Å². The van der Waals surface area contributed by atoms with Crippen LogP contribution >= 0.6 is 0 Å². The zero-order chi connectivity index (χ0) is 13.9. The monoisotopic (exact) mass is 250 g/mol. The minimum Gasteiger partial charge on any atom is -0.400 e. The summed E-state index contributed by atoms with van der Waals surface area (Å²) in [7, 11) is 1.00. The van der Waals surface area contributed by atoms with Crippen LogP contribution in [0.3, 0.4) is 0 Å². The Morgan fingerprint density at radius 3 is 2.50 bits per heavy atom. The summed E-state index contributed by atoms with van der Waals surface area (Å²) in [5.41, 5.74) is 5.53. The molecule has 1 aliphatic rings. The second-order valence-corrected chi connectivity index (χ2v) is 4.77. The van der Waals surface area contributed by atoms with E-state index in [0.717, 1.165) is 30.2 Å². The van der Waals surface area contributed by atoms with Crippen molar-refractivity contribution in [2.24, 2.45) is 5.92 Å². The van der Waals surface area contributed by atoms with Crippen LogP contribution in [0.15, 0.2) is 6.07 Å². The van der Waals surface area contributed by atoms with Crippen LogP contribution in [-0.4, -0.2) is 29.7 Å². The minimum absolute atomic E-state index is 0.123. The van der Waals surface area contributed by atoms with Gasteiger partial charge in [0.1, 0.15) is 0 Å². The van der Waals surface area contributed by atoms with Crippen molar-refractivity contribution in [2.45, 2.75) is 33.6 Å². The first-order valence-electron chi connectivity index (χ1n) is 6.28. The lowest BCUT2D eigenvalue weighted by Gasteiger charge is -2.12. The van der Waals surface area contributed by atoms with E-state index in [1.807, 2.05) is 13.8 Å². The average Bonchev–Trinajstić information content (AvgIpc) is 2.63. The lowest BCUT2D eigenvalue weighted by Crippen LogP contribution is -2.07. The molecule has 1 aliphatic carbocycles. The van der Waals surface area contributed by atoms with Gasteiger partial charge in [0, 0.05) is 25.2 Å². The number of Topliss-reactive ketones (excluding diaryl/α,β-unsaturated/α-hetero) is 1. The fourth-order valence-corrected chi connectivity index (χ4v) is 2.78. The predicted octanol–water partition coefficient (Wildman–Crippen LogP) is 1.82. The highest BCUT2D eigenvalue weighted by molar-refractivity contribution is 6.03. The molecule has 1 unspecified atom stereocenters. The van der Waals surface area contributed by atoms with Crippen LogP contribution in [0.1, 0.15) is 39.5 Å². The van der Waals surface area contributed by atoms with Crippen LogP contribution in [0.4, 0.5) is 0 Å². The smallest absolute Gasteiger partial charge is 0.166 e. The molecule has 0 spiro atoms. The minimum atomic E-state index is 0.123. The molecule has 3 heteroatoms. The third-order valence-electron chi connectivity index (χ3n) is 3.60. The molecular weight excluding hydrogens is 228 g/mol. The number of benzene rings is 1. The van der Waals surface area contributed by atoms with E-state index in [0.29, 0.717) is 6.42 Å². The largest absolute Gasteiger partial charge is 0.400 e. The highest BCUT2D eigenvalue weighted by Crippen LogP contribution is 2.32. The van der Waals surface area contributed by atoms with E-state index >= 15 is 0 Å². The molecule has 1 atom stereocenters. The number of fused-ring (bicyclic) bond motifs is 1. The van der Waals surface area contributed by atoms with Gasteiger partial charge in [0.25, 0.3) is 0 Å². The Labute approximate surface area is 108 Å². The fourth-order valence-electron chi connectivity index (χ4n) is 2.78. The Kier molecular flexibility index (Phi) is 5.05. The Bertz CT molecular complexity index is 450. The Hall–Kier alpha value is -1.19. The molecular formula is C15H22O3. The van der Waals surface area contributed by atoms with Crippen LogP contribution in [-0.2, 0) is 12.8 Å². The summed E-state index contributed by atoms with van der Waals surface area (Å²) >= 11 is 0. The van der Waals surface area contributed by atoms with Crippen molar-refractivity contribution in [1.29, 1.82) is 0 Å². The van der Waals surface area contributed by atoms with Gasteiger partial charge in [0.2, 0.25) is 0 Å². The van der Waals surface area contributed by atoms with Gasteiger partial charge in [-0.2, -0.15) is 0 Å². The molecule has 3 nitrogen and oxygen atoms in total. The molecule has 0 radical (unpaired) electrons. The van der Waals surface area contributed by atoms with E-state index < -0.39 is 0 Å². The van der Waals surface area contributed by atoms with Crippen LogP contribution < -0.4 is 0 Å². The second kappa shape index (κ2) is 6.12. The van der Waals surface area contributed by atoms with Crippen LogP contribution in [0.25, 0.3) is 0 Å². The summed E-state index contributed by atoms with van der Waals surface area (Å²) in [6, 6.07) is 2.12. The molecule has 0 amide bonds. The van der Waals surface area contributed by atoms with Gasteiger partial charge in [-0.1, -0.05) is 13.0 Å². The molecule has 100 valence electrons. The molecule has 0 saturated carbocycles. The molecule has 0 aliphatic heterocycles. The quantitative estimate of drug-likeness (QED) is 0.841. The summed E-state index contributed by atoms with van der Waals surface area (Å²) < 4.78 is 0. The van der Waals surface area contributed by atoms with Gasteiger partial charge in [-0.05, 0) is 48.9 Å². The molecule has 0 aromatic heterocycles. The Balaban J connectivity index is 0.000000771. The molecule has 0 bridgehead atoms. The zero-order valence-electron chi connectivity index (χ0n) is 11.6. The second-order valence-electron chi connectivity index (χ2n) is 4.77. The normalized spacial score (nSPS) is 17.2. The molecule has 0 fully saturated rings. The summed E-state index contributed by atoms with van der Waals surface area (Å²) in [6.07, 6.45) is 1.52. The molecule has 18 heavy (non-hydrogen) atoms. The van der Waals surface area contributed by atoms with Gasteiger partial charge in [0.15, 0.2) is 5.78 Å². The first kappa shape index (κ1) is 14.9. The number of ketones is 1. The fraction of sp³-hybridized carbons (Fsp3) is 0.533. The van der Waals surface area contributed by atoms with E-state index in [1.165, 1.54) is 11.1 Å². The van der Waals surface area contributed by atoms with Crippen molar-refractivity contribution in [2.75, 3.05) is 13.7 Å². The first-order chi connectivity index (χ1) is 8.56. The number of aryl methyl sites for hydroxylation is 1. The highest BCUT2D eigenvalue weighted by atomic mass is 16.3. The third-order valence-corrected chi connectivity index (χ3v) is 3.60. The van der Waals surface area contributed by atoms with Crippen LogP contribution in [0.2, 0.25) is 0 Å². The summed E-state index contributed by atoms with van der Waals surface area (Å²) in [4.78, 5) is 12.0. The van der Waals surface area contributed by atoms with Crippen molar-refractivity contribution in [3.8, 4) is 0 Å².